The molecular weight excluding hydrogens is 190 g/mol. The average molecular weight is 202 g/mol. The molecule has 0 unspecified atom stereocenters. The quantitative estimate of drug-likeness (QED) is 0.600. The molecule has 13 heavy (non-hydrogen) atoms. The van der Waals surface area contributed by atoms with Gasteiger partial charge in [-0.25, -0.2) is 0 Å². The Morgan fingerprint density at radius 3 is 2.23 bits per heavy atom. The first-order chi connectivity index (χ1) is 5.67. The maximum Gasteiger partial charge on any atom is 0.338 e. The molecule has 1 rings (SSSR count). The van der Waals surface area contributed by atoms with Crippen LogP contribution < -0.4 is 6.15 Å². The lowest BCUT2D eigenvalue weighted by molar-refractivity contribution is 0.444. The van der Waals surface area contributed by atoms with E-state index in [0.717, 1.165) is 6.26 Å². The zero-order valence-electron chi connectivity index (χ0n) is 7.30. The maximum absolute atomic E-state index is 11.1. The van der Waals surface area contributed by atoms with Crippen molar-refractivity contribution >= 4 is 10.1 Å². The van der Waals surface area contributed by atoms with Crippen molar-refractivity contribution in [3.05, 3.63) is 43.2 Å². The highest BCUT2D eigenvalue weighted by molar-refractivity contribution is 7.86. The normalized spacial score (nSPS) is 9.85. The van der Waals surface area contributed by atoms with Gasteiger partial charge in [0.2, 0.25) is 0 Å². The molecule has 1 aromatic rings. The van der Waals surface area contributed by atoms with Crippen LogP contribution in [0.2, 0.25) is 0 Å². The molecule has 0 aromatic heterocycles. The van der Waals surface area contributed by atoms with Gasteiger partial charge in [0.15, 0.2) is 0 Å². The largest absolute Gasteiger partial charge is 0.388 e. The Labute approximate surface area is 77.6 Å². The van der Waals surface area contributed by atoms with Crippen LogP contribution in [-0.2, 0) is 14.3 Å². The van der Waals surface area contributed by atoms with Crippen molar-refractivity contribution in [1.29, 1.82) is 0 Å². The number of hydrogen-bond acceptors (Lipinski definition) is 3. The molecule has 1 aromatic carbocycles. The Morgan fingerprint density at radius 2 is 1.77 bits per heavy atom. The molecule has 0 amide bonds. The maximum atomic E-state index is 11.1. The molecule has 4 N–H and O–H groups in total. The van der Waals surface area contributed by atoms with E-state index in [1.54, 1.807) is 18.2 Å². The first-order valence-electron chi connectivity index (χ1n) is 3.26. The van der Waals surface area contributed by atoms with Gasteiger partial charge in [-0.3, -0.25) is 0 Å². The summed E-state index contributed by atoms with van der Waals surface area (Å²) in [5, 5.41) is 0. The summed E-state index contributed by atoms with van der Waals surface area (Å²) >= 11 is 0. The lowest BCUT2D eigenvalue weighted by Gasteiger charge is -2.00. The minimum atomic E-state index is -3.63. The highest BCUT2D eigenvalue weighted by Crippen LogP contribution is 2.10. The lowest BCUT2D eigenvalue weighted by atomic mass is 10.4. The molecule has 5 heteroatoms. The Bertz CT molecular complexity index is 358. The van der Waals surface area contributed by atoms with Crippen LogP contribution in [0.25, 0.3) is 0 Å². The number of hydrogen-bond donors (Lipinski definition) is 1. The predicted octanol–water partition coefficient (Wildman–Crippen LogP) is 1.91. The highest BCUT2D eigenvalue weighted by Gasteiger charge is 2.11. The molecule has 0 saturated carbocycles. The third-order valence-electron chi connectivity index (χ3n) is 1.23. The van der Waals surface area contributed by atoms with Gasteiger partial charge >= 0.3 is 10.1 Å². The molecule has 0 bridgehead atoms. The summed E-state index contributed by atoms with van der Waals surface area (Å²) in [6.45, 7) is 3.17. The molecule has 0 aliphatic heterocycles. The zero-order chi connectivity index (χ0) is 9.03. The average Bonchev–Trinajstić information content (AvgIpc) is 2.06. The molecule has 0 aliphatic rings. The van der Waals surface area contributed by atoms with Gasteiger partial charge in [0.25, 0.3) is 0 Å². The third kappa shape index (κ3) is 2.89. The number of quaternary nitrogens is 1. The fraction of sp³-hybridized carbons (Fsp3) is 0. The number of rotatable bonds is 3. The van der Waals surface area contributed by atoms with Crippen LogP contribution in [0.15, 0.2) is 48.1 Å². The number of benzene rings is 1. The molecule has 0 aliphatic carbocycles. The van der Waals surface area contributed by atoms with E-state index < -0.39 is 10.1 Å². The highest BCUT2D eigenvalue weighted by atomic mass is 32.2. The van der Waals surface area contributed by atoms with Gasteiger partial charge in [0.05, 0.1) is 6.26 Å². The van der Waals surface area contributed by atoms with Gasteiger partial charge in [0, 0.05) is 0 Å². The second-order valence-electron chi connectivity index (χ2n) is 2.03. The van der Waals surface area contributed by atoms with Crippen molar-refractivity contribution in [1.82, 2.24) is 6.15 Å². The van der Waals surface area contributed by atoms with Gasteiger partial charge in [-0.2, -0.15) is 8.42 Å². The van der Waals surface area contributed by atoms with E-state index in [1.165, 1.54) is 12.1 Å². The molecule has 0 saturated heterocycles. The van der Waals surface area contributed by atoms with E-state index in [9.17, 15) is 8.42 Å². The van der Waals surface area contributed by atoms with E-state index in [-0.39, 0.29) is 11.0 Å². The molecule has 4 nitrogen and oxygen atoms in total. The second-order valence-corrected chi connectivity index (χ2v) is 3.60. The van der Waals surface area contributed by atoms with Crippen LogP contribution in [0.3, 0.4) is 0 Å². The van der Waals surface area contributed by atoms with Crippen LogP contribution in [-0.4, -0.2) is 8.42 Å². The van der Waals surface area contributed by atoms with E-state index >= 15 is 0 Å². The standard InChI is InChI=1S/C8H8O3S.H3N/c1-2-11-12(9,10)8-6-4-3-5-7-8;/h2-7H,1H2;1H3/p+1. The summed E-state index contributed by atoms with van der Waals surface area (Å²) in [5.74, 6) is 0. The van der Waals surface area contributed by atoms with Gasteiger partial charge in [0.1, 0.15) is 4.90 Å². The van der Waals surface area contributed by atoms with E-state index in [0.29, 0.717) is 0 Å². The molecule has 0 heterocycles. The third-order valence-corrected chi connectivity index (χ3v) is 2.47. The Morgan fingerprint density at radius 1 is 1.23 bits per heavy atom. The van der Waals surface area contributed by atoms with Gasteiger partial charge in [-0.05, 0) is 12.1 Å². The molecule has 0 spiro atoms. The van der Waals surface area contributed by atoms with Crippen LogP contribution in [0.4, 0.5) is 0 Å². The van der Waals surface area contributed by atoms with Crippen LogP contribution in [0.1, 0.15) is 0 Å². The van der Waals surface area contributed by atoms with Crippen molar-refractivity contribution in [2.45, 2.75) is 4.90 Å². The van der Waals surface area contributed by atoms with Crippen LogP contribution >= 0.6 is 0 Å². The first-order valence-corrected chi connectivity index (χ1v) is 4.67. The molecule has 0 radical (unpaired) electrons. The molecule has 72 valence electrons. The van der Waals surface area contributed by atoms with Gasteiger partial charge in [-0.1, -0.05) is 24.8 Å². The summed E-state index contributed by atoms with van der Waals surface area (Å²) in [6, 6.07) is 7.89. The SMILES string of the molecule is C=COS(=O)(=O)c1ccccc1.[NH4+]. The summed E-state index contributed by atoms with van der Waals surface area (Å²) in [7, 11) is -3.63. The van der Waals surface area contributed by atoms with Crippen molar-refractivity contribution in [3.8, 4) is 0 Å². The van der Waals surface area contributed by atoms with Gasteiger partial charge < -0.3 is 10.3 Å². The summed E-state index contributed by atoms with van der Waals surface area (Å²) in [6.07, 6.45) is 0.891. The topological polar surface area (TPSA) is 79.9 Å². The van der Waals surface area contributed by atoms with Crippen molar-refractivity contribution < 1.29 is 12.6 Å². The summed E-state index contributed by atoms with van der Waals surface area (Å²) in [4.78, 5) is 0.130. The van der Waals surface area contributed by atoms with Gasteiger partial charge in [-0.15, -0.1) is 0 Å². The van der Waals surface area contributed by atoms with Crippen LogP contribution in [0.5, 0.6) is 0 Å². The Balaban J connectivity index is 0.00000144. The minimum Gasteiger partial charge on any atom is -0.388 e. The molecule has 0 atom stereocenters. The monoisotopic (exact) mass is 202 g/mol. The molecule has 0 fully saturated rings. The summed E-state index contributed by atoms with van der Waals surface area (Å²) in [5.41, 5.74) is 0. The van der Waals surface area contributed by atoms with E-state index in [1.807, 2.05) is 0 Å². The van der Waals surface area contributed by atoms with Crippen molar-refractivity contribution in [2.75, 3.05) is 0 Å². The fourth-order valence-electron chi connectivity index (χ4n) is 0.732. The minimum absolute atomic E-state index is 0. The van der Waals surface area contributed by atoms with Crippen molar-refractivity contribution in [2.24, 2.45) is 0 Å². The zero-order valence-corrected chi connectivity index (χ0v) is 8.12. The predicted molar refractivity (Wildman–Crippen MR) is 50.9 cm³/mol. The summed E-state index contributed by atoms with van der Waals surface area (Å²) < 4.78 is 26.6. The fourth-order valence-corrected chi connectivity index (χ4v) is 1.51. The first kappa shape index (κ1) is 11.7. The lowest BCUT2D eigenvalue weighted by Crippen LogP contribution is -2.00. The van der Waals surface area contributed by atoms with Crippen molar-refractivity contribution in [3.63, 3.8) is 0 Å². The van der Waals surface area contributed by atoms with Crippen LogP contribution in [0, 0.1) is 0 Å². The molecular formula is C8H12NO3S+. The Kier molecular flexibility index (Phi) is 4.16. The second kappa shape index (κ2) is 4.64. The van der Waals surface area contributed by atoms with E-state index in [2.05, 4.69) is 10.8 Å². The Hall–Kier alpha value is -1.33. The van der Waals surface area contributed by atoms with E-state index in [4.69, 9.17) is 0 Å². The smallest absolute Gasteiger partial charge is 0.338 e.